The van der Waals surface area contributed by atoms with Crippen LogP contribution in [0.4, 0.5) is 0 Å². The van der Waals surface area contributed by atoms with Crippen LogP contribution in [0.3, 0.4) is 0 Å². The van der Waals surface area contributed by atoms with Crippen molar-refractivity contribution in [2.75, 3.05) is 0 Å². The summed E-state index contributed by atoms with van der Waals surface area (Å²) in [6.45, 7) is 5.98. The second-order valence-corrected chi connectivity index (χ2v) is 5.83. The number of hydrogen-bond donors (Lipinski definition) is 1. The molecule has 3 rings (SSSR count). The van der Waals surface area contributed by atoms with Crippen molar-refractivity contribution in [3.8, 4) is 0 Å². The highest BCUT2D eigenvalue weighted by Crippen LogP contribution is 2.23. The number of allylic oxidation sites excluding steroid dienone is 1. The molecule has 3 aromatic rings. The van der Waals surface area contributed by atoms with E-state index in [-0.39, 0.29) is 0 Å². The second-order valence-electron chi connectivity index (χ2n) is 5.83. The molecular weight excluding hydrogens is 278 g/mol. The average Bonchev–Trinajstić information content (AvgIpc) is 2.61. The molecule has 0 saturated carbocycles. The standard InChI is InChI=1S/C22H21N/c1-3-18-14-20(16(2)15-23)10-11-22(18)13-17-8-9-19-6-4-5-7-21(19)12-17/h3-12,14-15H,1,13,23H2,2H3/b16-15+. The molecule has 0 saturated heterocycles. The first-order chi connectivity index (χ1) is 11.2. The van der Waals surface area contributed by atoms with E-state index in [1.807, 2.05) is 13.0 Å². The normalized spacial score (nSPS) is 11.6. The number of nitrogens with two attached hydrogens (primary N) is 1. The van der Waals surface area contributed by atoms with E-state index in [1.54, 1.807) is 6.20 Å². The summed E-state index contributed by atoms with van der Waals surface area (Å²) >= 11 is 0. The van der Waals surface area contributed by atoms with Gasteiger partial charge >= 0.3 is 0 Å². The van der Waals surface area contributed by atoms with Crippen LogP contribution in [0.2, 0.25) is 0 Å². The van der Waals surface area contributed by atoms with Crippen molar-refractivity contribution in [3.63, 3.8) is 0 Å². The second kappa shape index (κ2) is 6.53. The van der Waals surface area contributed by atoms with Crippen LogP contribution in [0, 0.1) is 0 Å². The smallest absolute Gasteiger partial charge is 0.00196 e. The largest absolute Gasteiger partial charge is 0.404 e. The highest BCUT2D eigenvalue weighted by atomic mass is 14.5. The van der Waals surface area contributed by atoms with Gasteiger partial charge in [-0.25, -0.2) is 0 Å². The maximum Gasteiger partial charge on any atom is -0.00196 e. The Bertz CT molecular complexity index is 887. The Labute approximate surface area is 137 Å². The molecule has 0 heterocycles. The fraction of sp³-hybridized carbons (Fsp3) is 0.0909. The van der Waals surface area contributed by atoms with Crippen LogP contribution in [0.1, 0.15) is 29.2 Å². The molecule has 0 unspecified atom stereocenters. The van der Waals surface area contributed by atoms with E-state index in [9.17, 15) is 0 Å². The van der Waals surface area contributed by atoms with Crippen LogP contribution in [0.25, 0.3) is 22.4 Å². The molecular formula is C22H21N. The molecule has 114 valence electrons. The first-order valence-electron chi connectivity index (χ1n) is 7.83. The zero-order valence-corrected chi connectivity index (χ0v) is 13.4. The Morgan fingerprint density at radius 1 is 1.00 bits per heavy atom. The Balaban J connectivity index is 1.96. The molecule has 0 fully saturated rings. The molecule has 0 spiro atoms. The quantitative estimate of drug-likeness (QED) is 0.686. The van der Waals surface area contributed by atoms with E-state index in [0.717, 1.165) is 23.1 Å². The first-order valence-corrected chi connectivity index (χ1v) is 7.83. The minimum absolute atomic E-state index is 0.901. The van der Waals surface area contributed by atoms with Gasteiger partial charge in [0.05, 0.1) is 0 Å². The van der Waals surface area contributed by atoms with Crippen molar-refractivity contribution < 1.29 is 0 Å². The van der Waals surface area contributed by atoms with E-state index < -0.39 is 0 Å². The third kappa shape index (κ3) is 3.19. The Morgan fingerprint density at radius 2 is 1.78 bits per heavy atom. The van der Waals surface area contributed by atoms with Gasteiger partial charge in [0.1, 0.15) is 0 Å². The van der Waals surface area contributed by atoms with Crippen molar-refractivity contribution in [1.29, 1.82) is 0 Å². The van der Waals surface area contributed by atoms with Crippen LogP contribution in [0.15, 0.2) is 73.4 Å². The van der Waals surface area contributed by atoms with Gasteiger partial charge in [0.2, 0.25) is 0 Å². The van der Waals surface area contributed by atoms with Crippen LogP contribution in [-0.4, -0.2) is 0 Å². The molecule has 1 nitrogen and oxygen atoms in total. The van der Waals surface area contributed by atoms with Crippen LogP contribution in [0.5, 0.6) is 0 Å². The van der Waals surface area contributed by atoms with E-state index >= 15 is 0 Å². The minimum atomic E-state index is 0.901. The summed E-state index contributed by atoms with van der Waals surface area (Å²) in [5.74, 6) is 0. The van der Waals surface area contributed by atoms with E-state index in [0.29, 0.717) is 0 Å². The number of rotatable bonds is 4. The number of benzene rings is 3. The summed E-state index contributed by atoms with van der Waals surface area (Å²) in [5, 5.41) is 2.56. The van der Waals surface area contributed by atoms with E-state index in [4.69, 9.17) is 5.73 Å². The first kappa shape index (κ1) is 15.1. The average molecular weight is 299 g/mol. The zero-order valence-electron chi connectivity index (χ0n) is 13.4. The maximum atomic E-state index is 5.62. The highest BCUT2D eigenvalue weighted by Gasteiger charge is 2.05. The van der Waals surface area contributed by atoms with Gasteiger partial charge < -0.3 is 5.73 Å². The lowest BCUT2D eigenvalue weighted by Gasteiger charge is -2.10. The molecule has 0 bridgehead atoms. The summed E-state index contributed by atoms with van der Waals surface area (Å²) in [6.07, 6.45) is 4.47. The third-order valence-electron chi connectivity index (χ3n) is 4.28. The van der Waals surface area contributed by atoms with Gasteiger partial charge in [-0.15, -0.1) is 0 Å². The SMILES string of the molecule is C=Cc1cc(/C(C)=C/N)ccc1Cc1ccc2ccccc2c1. The van der Waals surface area contributed by atoms with Gasteiger partial charge in [-0.1, -0.05) is 67.3 Å². The van der Waals surface area contributed by atoms with Crippen molar-refractivity contribution in [2.45, 2.75) is 13.3 Å². The van der Waals surface area contributed by atoms with Gasteiger partial charge in [0.25, 0.3) is 0 Å². The molecule has 0 radical (unpaired) electrons. The summed E-state index contributed by atoms with van der Waals surface area (Å²) in [5.41, 5.74) is 11.6. The summed E-state index contributed by atoms with van der Waals surface area (Å²) < 4.78 is 0. The summed E-state index contributed by atoms with van der Waals surface area (Å²) in [4.78, 5) is 0. The fourth-order valence-corrected chi connectivity index (χ4v) is 2.86. The molecule has 2 N–H and O–H groups in total. The molecule has 0 aliphatic carbocycles. The summed E-state index contributed by atoms with van der Waals surface area (Å²) in [6, 6.07) is 21.6. The van der Waals surface area contributed by atoms with Crippen LogP contribution >= 0.6 is 0 Å². The molecule has 0 aliphatic rings. The van der Waals surface area contributed by atoms with E-state index in [2.05, 4.69) is 67.2 Å². The lowest BCUT2D eigenvalue weighted by Crippen LogP contribution is -1.94. The molecule has 1 heteroatoms. The van der Waals surface area contributed by atoms with Gasteiger partial charge in [-0.3, -0.25) is 0 Å². The van der Waals surface area contributed by atoms with Crippen LogP contribution < -0.4 is 5.73 Å². The lowest BCUT2D eigenvalue weighted by molar-refractivity contribution is 1.19. The van der Waals surface area contributed by atoms with Crippen molar-refractivity contribution in [1.82, 2.24) is 0 Å². The Kier molecular flexibility index (Phi) is 4.29. The zero-order chi connectivity index (χ0) is 16.2. The van der Waals surface area contributed by atoms with Crippen molar-refractivity contribution in [2.24, 2.45) is 5.73 Å². The minimum Gasteiger partial charge on any atom is -0.404 e. The molecule has 0 aliphatic heterocycles. The predicted molar refractivity (Wildman–Crippen MR) is 101 cm³/mol. The van der Waals surface area contributed by atoms with Crippen molar-refractivity contribution in [3.05, 3.63) is 95.7 Å². The molecule has 0 amide bonds. The predicted octanol–water partition coefficient (Wildman–Crippen LogP) is 5.39. The van der Waals surface area contributed by atoms with Gasteiger partial charge in [0.15, 0.2) is 0 Å². The summed E-state index contributed by atoms with van der Waals surface area (Å²) in [7, 11) is 0. The van der Waals surface area contributed by atoms with E-state index in [1.165, 1.54) is 21.9 Å². The number of hydrogen-bond acceptors (Lipinski definition) is 1. The molecule has 3 aromatic carbocycles. The lowest BCUT2D eigenvalue weighted by atomic mass is 9.95. The van der Waals surface area contributed by atoms with Gasteiger partial charge in [-0.05, 0) is 64.2 Å². The number of fused-ring (bicyclic) bond motifs is 1. The molecule has 23 heavy (non-hydrogen) atoms. The topological polar surface area (TPSA) is 26.0 Å². The fourth-order valence-electron chi connectivity index (χ4n) is 2.86. The maximum absolute atomic E-state index is 5.62. The molecule has 0 atom stereocenters. The van der Waals surface area contributed by atoms with Gasteiger partial charge in [0, 0.05) is 0 Å². The van der Waals surface area contributed by atoms with Crippen molar-refractivity contribution >= 4 is 22.4 Å². The highest BCUT2D eigenvalue weighted by molar-refractivity contribution is 5.83. The Morgan fingerprint density at radius 3 is 2.52 bits per heavy atom. The van der Waals surface area contributed by atoms with Crippen LogP contribution in [-0.2, 0) is 6.42 Å². The van der Waals surface area contributed by atoms with Gasteiger partial charge in [-0.2, -0.15) is 0 Å². The molecule has 0 aromatic heterocycles. The Hall–Kier alpha value is -2.80. The third-order valence-corrected chi connectivity index (χ3v) is 4.28. The monoisotopic (exact) mass is 299 g/mol.